The maximum absolute atomic E-state index is 13.7. The van der Waals surface area contributed by atoms with Gasteiger partial charge >= 0.3 is 6.09 Å². The second kappa shape index (κ2) is 10.00. The average molecular weight is 521 g/mol. The number of thiocarbonyl (C=S) groups is 1. The Morgan fingerprint density at radius 3 is 2.53 bits per heavy atom. The molecule has 0 spiro atoms. The molecule has 1 saturated carbocycles. The fraction of sp³-hybridized carbons (Fsp3) is 0.500. The lowest BCUT2D eigenvalue weighted by Gasteiger charge is -2.38. The molecule has 0 unspecified atom stereocenters. The number of aromatic nitrogens is 1. The molecule has 2 heterocycles. The van der Waals surface area contributed by atoms with E-state index in [1.54, 1.807) is 17.2 Å². The summed E-state index contributed by atoms with van der Waals surface area (Å²) in [5.41, 5.74) is 1.04. The van der Waals surface area contributed by atoms with Gasteiger partial charge in [0.25, 0.3) is 0 Å². The molecule has 34 heavy (non-hydrogen) atoms. The van der Waals surface area contributed by atoms with Crippen LogP contribution in [0.3, 0.4) is 0 Å². The zero-order valence-corrected chi connectivity index (χ0v) is 22.3. The standard InChI is InChI=1S/C26H31Cl2N3O2S/c1-15(2)20-11-5-16(3)13-21(20)33-25(32)31-23(17-6-12-22(28)29-14-17)26(4,30-24(31)34)18-7-9-19(27)10-8-18/h6-10,12,14-16,20-21,23H,5,11,13H2,1-4H3,(H,30,34)/t16-,20+,21-,23-,26+/m1/s1. The molecule has 5 atom stereocenters. The van der Waals surface area contributed by atoms with E-state index in [0.717, 1.165) is 30.4 Å². The summed E-state index contributed by atoms with van der Waals surface area (Å²) in [6.07, 6.45) is 4.21. The number of halogens is 2. The van der Waals surface area contributed by atoms with E-state index in [0.29, 0.717) is 33.0 Å². The molecule has 2 aliphatic rings. The van der Waals surface area contributed by atoms with Crippen LogP contribution in [0.2, 0.25) is 10.2 Å². The minimum atomic E-state index is -0.715. The van der Waals surface area contributed by atoms with Crippen molar-refractivity contribution in [2.45, 2.75) is 64.6 Å². The molecule has 8 heteroatoms. The molecule has 1 aromatic heterocycles. The molecule has 4 rings (SSSR count). The molecule has 2 aromatic rings. The van der Waals surface area contributed by atoms with E-state index in [9.17, 15) is 4.79 Å². The molecule has 1 N–H and O–H groups in total. The van der Waals surface area contributed by atoms with Crippen LogP contribution in [-0.4, -0.2) is 27.2 Å². The molecule has 2 fully saturated rings. The van der Waals surface area contributed by atoms with Gasteiger partial charge in [-0.15, -0.1) is 0 Å². The van der Waals surface area contributed by atoms with Crippen molar-refractivity contribution in [1.29, 1.82) is 0 Å². The molecule has 1 amide bonds. The number of nitrogens with one attached hydrogen (secondary N) is 1. The molecule has 1 aliphatic carbocycles. The van der Waals surface area contributed by atoms with Crippen molar-refractivity contribution >= 4 is 46.6 Å². The number of rotatable bonds is 4. The van der Waals surface area contributed by atoms with Crippen molar-refractivity contribution < 1.29 is 9.53 Å². The SMILES string of the molecule is CC(C)[C@@H]1CC[C@@H](C)C[C@H]1OC(=O)N1C(=S)N[C@@](C)(c2ccc(Cl)cc2)[C@H]1c1ccc(Cl)nc1. The Morgan fingerprint density at radius 1 is 1.21 bits per heavy atom. The van der Waals surface area contributed by atoms with Gasteiger partial charge in [0.1, 0.15) is 11.3 Å². The van der Waals surface area contributed by atoms with Gasteiger partial charge in [-0.1, -0.05) is 68.6 Å². The second-order valence-corrected chi connectivity index (χ2v) is 11.3. The molecule has 5 nitrogen and oxygen atoms in total. The number of carbonyl (C=O) groups excluding carboxylic acids is 1. The van der Waals surface area contributed by atoms with Crippen LogP contribution in [0, 0.1) is 17.8 Å². The Labute approximate surface area is 217 Å². The molecule has 1 aromatic carbocycles. The van der Waals surface area contributed by atoms with Crippen molar-refractivity contribution in [2.75, 3.05) is 0 Å². The Hall–Kier alpha value is -1.89. The number of carbonyl (C=O) groups is 1. The molecule has 182 valence electrons. The predicted molar refractivity (Wildman–Crippen MR) is 140 cm³/mol. The van der Waals surface area contributed by atoms with Crippen molar-refractivity contribution in [3.05, 3.63) is 63.9 Å². The van der Waals surface area contributed by atoms with Crippen LogP contribution in [0.4, 0.5) is 4.79 Å². The van der Waals surface area contributed by atoms with Gasteiger partial charge in [0.15, 0.2) is 5.11 Å². The van der Waals surface area contributed by atoms with Crippen molar-refractivity contribution in [3.8, 4) is 0 Å². The zero-order valence-electron chi connectivity index (χ0n) is 19.9. The number of pyridine rings is 1. The van der Waals surface area contributed by atoms with Gasteiger partial charge in [0, 0.05) is 11.2 Å². The lowest BCUT2D eigenvalue weighted by Crippen LogP contribution is -2.43. The number of hydrogen-bond acceptors (Lipinski definition) is 4. The first-order valence-electron chi connectivity index (χ1n) is 11.8. The first-order valence-corrected chi connectivity index (χ1v) is 13.0. The van der Waals surface area contributed by atoms with Crippen LogP contribution in [0.15, 0.2) is 42.6 Å². The number of hydrogen-bond donors (Lipinski definition) is 1. The minimum absolute atomic E-state index is 0.134. The van der Waals surface area contributed by atoms with Crippen LogP contribution in [0.1, 0.15) is 64.1 Å². The van der Waals surface area contributed by atoms with Crippen LogP contribution in [0.25, 0.3) is 0 Å². The third-order valence-corrected chi connectivity index (χ3v) is 8.08. The quantitative estimate of drug-likeness (QED) is 0.343. The van der Waals surface area contributed by atoms with Crippen LogP contribution < -0.4 is 5.32 Å². The average Bonchev–Trinajstić information content (AvgIpc) is 3.05. The van der Waals surface area contributed by atoms with E-state index in [-0.39, 0.29) is 6.10 Å². The third-order valence-electron chi connectivity index (χ3n) is 7.31. The highest BCUT2D eigenvalue weighted by Crippen LogP contribution is 2.45. The van der Waals surface area contributed by atoms with Gasteiger partial charge in [0.05, 0.1) is 11.6 Å². The zero-order chi connectivity index (χ0) is 24.6. The molecule has 1 saturated heterocycles. The van der Waals surface area contributed by atoms with Gasteiger partial charge in [-0.2, -0.15) is 0 Å². The Balaban J connectivity index is 1.71. The summed E-state index contributed by atoms with van der Waals surface area (Å²) in [6, 6.07) is 10.7. The number of ether oxygens (including phenoxy) is 1. The van der Waals surface area contributed by atoms with E-state index in [2.05, 4.69) is 31.1 Å². The van der Waals surface area contributed by atoms with Gasteiger partial charge in [0.2, 0.25) is 0 Å². The molecular weight excluding hydrogens is 489 g/mol. The first kappa shape index (κ1) is 25.2. The molecule has 0 bridgehead atoms. The van der Waals surface area contributed by atoms with Crippen LogP contribution >= 0.6 is 35.4 Å². The maximum Gasteiger partial charge on any atom is 0.417 e. The van der Waals surface area contributed by atoms with Crippen molar-refractivity contribution in [3.63, 3.8) is 0 Å². The second-order valence-electron chi connectivity index (χ2n) is 10.1. The van der Waals surface area contributed by atoms with Gasteiger partial charge in [-0.05, 0) is 79.1 Å². The summed E-state index contributed by atoms with van der Waals surface area (Å²) in [6.45, 7) is 8.64. The molecule has 1 aliphatic heterocycles. The van der Waals surface area contributed by atoms with Crippen molar-refractivity contribution in [1.82, 2.24) is 15.2 Å². The minimum Gasteiger partial charge on any atom is -0.445 e. The Bertz CT molecular complexity index is 1050. The van der Waals surface area contributed by atoms with Gasteiger partial charge < -0.3 is 10.1 Å². The summed E-state index contributed by atoms with van der Waals surface area (Å²) in [4.78, 5) is 19.6. The van der Waals surface area contributed by atoms with E-state index >= 15 is 0 Å². The summed E-state index contributed by atoms with van der Waals surface area (Å²) in [5.74, 6) is 1.29. The predicted octanol–water partition coefficient (Wildman–Crippen LogP) is 7.13. The summed E-state index contributed by atoms with van der Waals surface area (Å²) in [5, 5.41) is 4.74. The third kappa shape index (κ3) is 4.91. The monoisotopic (exact) mass is 519 g/mol. The van der Waals surface area contributed by atoms with Gasteiger partial charge in [-0.25, -0.2) is 14.7 Å². The van der Waals surface area contributed by atoms with Crippen LogP contribution in [0.5, 0.6) is 0 Å². The highest BCUT2D eigenvalue weighted by atomic mass is 35.5. The molecule has 0 radical (unpaired) electrons. The maximum atomic E-state index is 13.7. The van der Waals surface area contributed by atoms with Crippen molar-refractivity contribution in [2.24, 2.45) is 17.8 Å². The Kier molecular flexibility index (Phi) is 7.41. The normalized spacial score (nSPS) is 29.3. The van der Waals surface area contributed by atoms with E-state index in [1.807, 2.05) is 37.3 Å². The summed E-state index contributed by atoms with van der Waals surface area (Å²) in [7, 11) is 0. The van der Waals surface area contributed by atoms with Crippen LogP contribution in [-0.2, 0) is 10.3 Å². The van der Waals surface area contributed by atoms with E-state index in [4.69, 9.17) is 40.2 Å². The summed E-state index contributed by atoms with van der Waals surface area (Å²) < 4.78 is 6.21. The molecular formula is C26H31Cl2N3O2S. The lowest BCUT2D eigenvalue weighted by atomic mass is 9.75. The fourth-order valence-electron chi connectivity index (χ4n) is 5.41. The fourth-order valence-corrected chi connectivity index (χ4v) is 6.04. The number of nitrogens with zero attached hydrogens (tertiary/aromatic N) is 2. The Morgan fingerprint density at radius 2 is 1.91 bits per heavy atom. The smallest absolute Gasteiger partial charge is 0.417 e. The lowest BCUT2D eigenvalue weighted by molar-refractivity contribution is -0.00701. The number of benzene rings is 1. The summed E-state index contributed by atoms with van der Waals surface area (Å²) >= 11 is 17.9. The van der Waals surface area contributed by atoms with E-state index in [1.165, 1.54) is 0 Å². The first-order chi connectivity index (χ1) is 16.1. The number of amides is 1. The topological polar surface area (TPSA) is 54.5 Å². The highest BCUT2D eigenvalue weighted by Gasteiger charge is 2.52. The largest absolute Gasteiger partial charge is 0.445 e. The van der Waals surface area contributed by atoms with Gasteiger partial charge in [-0.3, -0.25) is 0 Å². The highest BCUT2D eigenvalue weighted by molar-refractivity contribution is 7.80. The van der Waals surface area contributed by atoms with E-state index < -0.39 is 17.7 Å².